The number of aryl methyl sites for hydroxylation is 1. The summed E-state index contributed by atoms with van der Waals surface area (Å²) in [4.78, 5) is 15.3. The van der Waals surface area contributed by atoms with E-state index in [1.807, 2.05) is 45.0 Å². The van der Waals surface area contributed by atoms with Crippen LogP contribution in [0.3, 0.4) is 0 Å². The molecule has 1 heterocycles. The summed E-state index contributed by atoms with van der Waals surface area (Å²) in [7, 11) is 0. The van der Waals surface area contributed by atoms with Gasteiger partial charge in [-0.2, -0.15) is 0 Å². The number of ether oxygens (including phenoxy) is 3. The minimum Gasteiger partial charge on any atom is -0.492 e. The monoisotopic (exact) mass is 455 g/mol. The number of carbonyl (C=O) groups is 1. The van der Waals surface area contributed by atoms with Crippen LogP contribution in [0.1, 0.15) is 44.9 Å². The van der Waals surface area contributed by atoms with E-state index < -0.39 is 6.04 Å². The normalized spacial score (nSPS) is 15.6. The van der Waals surface area contributed by atoms with Gasteiger partial charge in [0, 0.05) is 31.3 Å². The zero-order valence-corrected chi connectivity index (χ0v) is 20.4. The molecule has 180 valence electrons. The summed E-state index contributed by atoms with van der Waals surface area (Å²) in [5, 5.41) is 6.45. The number of rotatable bonds is 10. The number of hydrogen-bond donors (Lipinski definition) is 2. The fraction of sp³-hybridized carbons (Fsp3) is 0.500. The molecule has 0 aromatic heterocycles. The van der Waals surface area contributed by atoms with Crippen LogP contribution in [-0.2, 0) is 9.53 Å². The second-order valence-electron chi connectivity index (χ2n) is 8.24. The molecule has 0 radical (unpaired) electrons. The van der Waals surface area contributed by atoms with Gasteiger partial charge >= 0.3 is 0 Å². The van der Waals surface area contributed by atoms with Crippen LogP contribution in [0.25, 0.3) is 0 Å². The van der Waals surface area contributed by atoms with Crippen molar-refractivity contribution in [1.82, 2.24) is 5.32 Å². The van der Waals surface area contributed by atoms with E-state index in [0.717, 1.165) is 24.5 Å². The van der Waals surface area contributed by atoms with Crippen LogP contribution in [0.2, 0.25) is 0 Å². The van der Waals surface area contributed by atoms with Crippen molar-refractivity contribution in [3.63, 3.8) is 0 Å². The number of nitrogens with one attached hydrogen (secondary N) is 2. The number of benzene rings is 2. The second-order valence-corrected chi connectivity index (χ2v) is 8.24. The quantitative estimate of drug-likeness (QED) is 0.556. The summed E-state index contributed by atoms with van der Waals surface area (Å²) in [6.07, 6.45) is 0. The summed E-state index contributed by atoms with van der Waals surface area (Å²) >= 11 is 0. The SMILES string of the molecule is CCOc1cc(N2CCOCC2)c(OCC)cc1NC(=O)C(C)NC(C)c1ccccc1C. The average molecular weight is 456 g/mol. The standard InChI is InChI=1S/C26H37N3O4/c1-6-32-24-17-23(29-12-14-31-15-13-29)25(33-7-2)16-22(24)28-26(30)20(5)27-19(4)21-11-9-8-10-18(21)3/h8-11,16-17,19-20,27H,6-7,12-15H2,1-5H3,(H,28,30). The van der Waals surface area contributed by atoms with Gasteiger partial charge in [0.1, 0.15) is 11.5 Å². The highest BCUT2D eigenvalue weighted by Crippen LogP contribution is 2.39. The first kappa shape index (κ1) is 24.9. The first-order chi connectivity index (χ1) is 15.9. The van der Waals surface area contributed by atoms with Gasteiger partial charge in [-0.05, 0) is 45.7 Å². The Labute approximate surface area is 197 Å². The molecule has 1 saturated heterocycles. The maximum absolute atomic E-state index is 13.1. The third-order valence-corrected chi connectivity index (χ3v) is 5.82. The Morgan fingerprint density at radius 3 is 2.39 bits per heavy atom. The minimum absolute atomic E-state index is 0.0426. The predicted octanol–water partition coefficient (Wildman–Crippen LogP) is 4.31. The molecule has 0 bridgehead atoms. The number of hydrogen-bond acceptors (Lipinski definition) is 6. The Balaban J connectivity index is 1.79. The minimum atomic E-state index is -0.399. The van der Waals surface area contributed by atoms with Gasteiger partial charge in [-0.15, -0.1) is 0 Å². The smallest absolute Gasteiger partial charge is 0.241 e. The van der Waals surface area contributed by atoms with Crippen molar-refractivity contribution >= 4 is 17.3 Å². The van der Waals surface area contributed by atoms with E-state index in [2.05, 4.69) is 41.5 Å². The highest BCUT2D eigenvalue weighted by molar-refractivity contribution is 5.96. The molecule has 0 saturated carbocycles. The van der Waals surface area contributed by atoms with Crippen molar-refractivity contribution < 1.29 is 19.0 Å². The molecule has 2 N–H and O–H groups in total. The van der Waals surface area contributed by atoms with E-state index in [0.29, 0.717) is 37.9 Å². The van der Waals surface area contributed by atoms with Crippen molar-refractivity contribution in [2.45, 2.75) is 46.7 Å². The summed E-state index contributed by atoms with van der Waals surface area (Å²) in [5.74, 6) is 1.24. The van der Waals surface area contributed by atoms with E-state index in [4.69, 9.17) is 14.2 Å². The van der Waals surface area contributed by atoms with E-state index in [1.54, 1.807) is 0 Å². The molecule has 2 unspecified atom stereocenters. The van der Waals surface area contributed by atoms with Crippen molar-refractivity contribution in [2.75, 3.05) is 49.7 Å². The van der Waals surface area contributed by atoms with Gasteiger partial charge in [-0.25, -0.2) is 0 Å². The zero-order valence-electron chi connectivity index (χ0n) is 20.4. The van der Waals surface area contributed by atoms with Crippen LogP contribution in [0.5, 0.6) is 11.5 Å². The van der Waals surface area contributed by atoms with Crippen molar-refractivity contribution in [3.05, 3.63) is 47.5 Å². The highest BCUT2D eigenvalue weighted by Gasteiger charge is 2.23. The number of amides is 1. The molecule has 2 atom stereocenters. The molecule has 7 heteroatoms. The van der Waals surface area contributed by atoms with E-state index in [-0.39, 0.29) is 11.9 Å². The first-order valence-electron chi connectivity index (χ1n) is 11.8. The number of morpholine rings is 1. The second kappa shape index (κ2) is 11.9. The maximum Gasteiger partial charge on any atom is 0.241 e. The average Bonchev–Trinajstić information content (AvgIpc) is 2.81. The fourth-order valence-electron chi connectivity index (χ4n) is 4.10. The predicted molar refractivity (Wildman–Crippen MR) is 133 cm³/mol. The van der Waals surface area contributed by atoms with Gasteiger partial charge in [0.15, 0.2) is 0 Å². The Hall–Kier alpha value is -2.77. The molecule has 0 spiro atoms. The first-order valence-corrected chi connectivity index (χ1v) is 11.8. The summed E-state index contributed by atoms with van der Waals surface area (Å²) in [5.41, 5.74) is 3.95. The Kier molecular flexibility index (Phi) is 8.97. The molecule has 1 aliphatic heterocycles. The number of anilines is 2. The molecular weight excluding hydrogens is 418 g/mol. The Morgan fingerprint density at radius 2 is 1.73 bits per heavy atom. The molecule has 2 aromatic carbocycles. The molecule has 1 fully saturated rings. The molecule has 1 aliphatic rings. The summed E-state index contributed by atoms with van der Waals surface area (Å²) in [6.45, 7) is 13.9. The lowest BCUT2D eigenvalue weighted by Crippen LogP contribution is -2.39. The van der Waals surface area contributed by atoms with Crippen molar-refractivity contribution in [2.24, 2.45) is 0 Å². The van der Waals surface area contributed by atoms with E-state index in [9.17, 15) is 4.79 Å². The topological polar surface area (TPSA) is 72.1 Å². The zero-order chi connectivity index (χ0) is 23.8. The van der Waals surface area contributed by atoms with Gasteiger partial charge in [-0.1, -0.05) is 24.3 Å². The number of carbonyl (C=O) groups excluding carboxylic acids is 1. The van der Waals surface area contributed by atoms with Crippen molar-refractivity contribution in [3.8, 4) is 11.5 Å². The van der Waals surface area contributed by atoms with Gasteiger partial charge in [0.2, 0.25) is 5.91 Å². The maximum atomic E-state index is 13.1. The largest absolute Gasteiger partial charge is 0.492 e. The van der Waals surface area contributed by atoms with Gasteiger partial charge < -0.3 is 24.4 Å². The molecule has 33 heavy (non-hydrogen) atoms. The Bertz CT molecular complexity index is 928. The van der Waals surface area contributed by atoms with Crippen LogP contribution in [0.15, 0.2) is 36.4 Å². The third-order valence-electron chi connectivity index (χ3n) is 5.82. The Morgan fingerprint density at radius 1 is 1.06 bits per heavy atom. The molecular formula is C26H37N3O4. The molecule has 3 rings (SSSR count). The molecule has 2 aromatic rings. The summed E-state index contributed by atoms with van der Waals surface area (Å²) in [6, 6.07) is 11.7. The van der Waals surface area contributed by atoms with E-state index in [1.165, 1.54) is 11.1 Å². The number of nitrogens with zero attached hydrogens (tertiary/aromatic N) is 1. The van der Waals surface area contributed by atoms with Crippen LogP contribution in [0, 0.1) is 6.92 Å². The van der Waals surface area contributed by atoms with Gasteiger partial charge in [0.05, 0.1) is 43.8 Å². The van der Waals surface area contributed by atoms with Gasteiger partial charge in [0.25, 0.3) is 0 Å². The summed E-state index contributed by atoms with van der Waals surface area (Å²) < 4.78 is 17.3. The lowest BCUT2D eigenvalue weighted by atomic mass is 10.0. The van der Waals surface area contributed by atoms with Crippen LogP contribution in [-0.4, -0.2) is 51.5 Å². The lowest BCUT2D eigenvalue weighted by molar-refractivity contribution is -0.118. The molecule has 1 amide bonds. The fourth-order valence-corrected chi connectivity index (χ4v) is 4.10. The highest BCUT2D eigenvalue weighted by atomic mass is 16.5. The van der Waals surface area contributed by atoms with Crippen LogP contribution in [0.4, 0.5) is 11.4 Å². The van der Waals surface area contributed by atoms with E-state index >= 15 is 0 Å². The van der Waals surface area contributed by atoms with Crippen molar-refractivity contribution in [1.29, 1.82) is 0 Å². The van der Waals surface area contributed by atoms with Crippen LogP contribution >= 0.6 is 0 Å². The molecule has 7 nitrogen and oxygen atoms in total. The molecule has 0 aliphatic carbocycles. The lowest BCUT2D eigenvalue weighted by Gasteiger charge is -2.31. The van der Waals surface area contributed by atoms with Crippen LogP contribution < -0.4 is 25.0 Å². The third kappa shape index (κ3) is 6.39. The van der Waals surface area contributed by atoms with Gasteiger partial charge in [-0.3, -0.25) is 10.1 Å².